The van der Waals surface area contributed by atoms with Gasteiger partial charge in [0, 0.05) is 25.1 Å². The van der Waals surface area contributed by atoms with E-state index in [0.29, 0.717) is 13.0 Å². The Hall–Kier alpha value is -2.04. The quantitative estimate of drug-likeness (QED) is 0.885. The number of hydrogen-bond donors (Lipinski definition) is 1. The highest BCUT2D eigenvalue weighted by Crippen LogP contribution is 2.24. The van der Waals surface area contributed by atoms with Gasteiger partial charge < -0.3 is 10.1 Å². The second-order valence-electron chi connectivity index (χ2n) is 4.62. The van der Waals surface area contributed by atoms with E-state index in [1.54, 1.807) is 10.7 Å². The van der Waals surface area contributed by atoms with Crippen molar-refractivity contribution in [2.45, 2.75) is 19.4 Å². The number of nitrogens with one attached hydrogen (secondary N) is 1. The van der Waals surface area contributed by atoms with Crippen LogP contribution in [0.25, 0.3) is 5.52 Å². The standard InChI is InChI=1S/C13H15N3O2/c1-9(10-7-13(17)14-8-10)18-12-3-2-6-16-11(12)4-5-15-16/h2-6,9-10H,7-8H2,1H3,(H,14,17). The summed E-state index contributed by atoms with van der Waals surface area (Å²) in [4.78, 5) is 11.2. The van der Waals surface area contributed by atoms with Crippen molar-refractivity contribution in [3.8, 4) is 5.75 Å². The molecule has 1 amide bonds. The first-order valence-electron chi connectivity index (χ1n) is 6.10. The number of aromatic nitrogens is 2. The zero-order valence-corrected chi connectivity index (χ0v) is 10.2. The molecule has 0 aromatic carbocycles. The highest BCUT2D eigenvalue weighted by molar-refractivity contribution is 5.78. The van der Waals surface area contributed by atoms with Crippen molar-refractivity contribution in [2.75, 3.05) is 6.54 Å². The number of amides is 1. The molecule has 0 aliphatic carbocycles. The molecule has 1 N–H and O–H groups in total. The zero-order valence-electron chi connectivity index (χ0n) is 10.2. The van der Waals surface area contributed by atoms with Gasteiger partial charge in [-0.3, -0.25) is 4.79 Å². The fraction of sp³-hybridized carbons (Fsp3) is 0.385. The van der Waals surface area contributed by atoms with Gasteiger partial charge in [0.1, 0.15) is 17.4 Å². The molecule has 0 saturated carbocycles. The number of fused-ring (bicyclic) bond motifs is 1. The fourth-order valence-corrected chi connectivity index (χ4v) is 2.28. The van der Waals surface area contributed by atoms with Crippen molar-refractivity contribution in [2.24, 2.45) is 5.92 Å². The number of carbonyl (C=O) groups excluding carboxylic acids is 1. The van der Waals surface area contributed by atoms with E-state index in [9.17, 15) is 4.79 Å². The summed E-state index contributed by atoms with van der Waals surface area (Å²) in [5.74, 6) is 1.15. The number of nitrogens with zero attached hydrogens (tertiary/aromatic N) is 2. The van der Waals surface area contributed by atoms with Crippen molar-refractivity contribution < 1.29 is 9.53 Å². The summed E-state index contributed by atoms with van der Waals surface area (Å²) in [7, 11) is 0. The average molecular weight is 245 g/mol. The molecule has 3 rings (SSSR count). The Balaban J connectivity index is 1.79. The van der Waals surface area contributed by atoms with Gasteiger partial charge in [0.15, 0.2) is 0 Å². The highest BCUT2D eigenvalue weighted by Gasteiger charge is 2.28. The lowest BCUT2D eigenvalue weighted by atomic mass is 10.0. The van der Waals surface area contributed by atoms with Crippen LogP contribution in [0.1, 0.15) is 13.3 Å². The monoisotopic (exact) mass is 245 g/mol. The van der Waals surface area contributed by atoms with Crippen LogP contribution in [0, 0.1) is 5.92 Å². The van der Waals surface area contributed by atoms with Gasteiger partial charge in [-0.1, -0.05) is 0 Å². The minimum atomic E-state index is 0.00468. The van der Waals surface area contributed by atoms with Crippen LogP contribution in [-0.2, 0) is 4.79 Å². The summed E-state index contributed by atoms with van der Waals surface area (Å²) in [5, 5.41) is 7.00. The third-order valence-electron chi connectivity index (χ3n) is 3.38. The predicted octanol–water partition coefficient (Wildman–Crippen LogP) is 1.24. The maximum atomic E-state index is 11.2. The zero-order chi connectivity index (χ0) is 12.5. The lowest BCUT2D eigenvalue weighted by molar-refractivity contribution is -0.119. The number of rotatable bonds is 3. The molecule has 1 aliphatic rings. The third-order valence-corrected chi connectivity index (χ3v) is 3.38. The van der Waals surface area contributed by atoms with E-state index in [4.69, 9.17) is 4.74 Å². The molecule has 1 saturated heterocycles. The summed E-state index contributed by atoms with van der Waals surface area (Å²) < 4.78 is 7.74. The van der Waals surface area contributed by atoms with Crippen LogP contribution < -0.4 is 10.1 Å². The normalized spacial score (nSPS) is 20.9. The molecule has 2 unspecified atom stereocenters. The van der Waals surface area contributed by atoms with Crippen LogP contribution in [0.4, 0.5) is 0 Å². The Labute approximate surface area is 105 Å². The fourth-order valence-electron chi connectivity index (χ4n) is 2.28. The molecule has 1 aliphatic heterocycles. The van der Waals surface area contributed by atoms with Crippen LogP contribution in [0.2, 0.25) is 0 Å². The number of carbonyl (C=O) groups is 1. The van der Waals surface area contributed by atoms with Crippen LogP contribution in [0.3, 0.4) is 0 Å². The van der Waals surface area contributed by atoms with Crippen LogP contribution in [0.5, 0.6) is 5.75 Å². The van der Waals surface area contributed by atoms with E-state index < -0.39 is 0 Å². The van der Waals surface area contributed by atoms with Gasteiger partial charge in [-0.2, -0.15) is 5.10 Å². The second-order valence-corrected chi connectivity index (χ2v) is 4.62. The van der Waals surface area contributed by atoms with E-state index >= 15 is 0 Å². The summed E-state index contributed by atoms with van der Waals surface area (Å²) in [6, 6.07) is 5.75. The maximum absolute atomic E-state index is 11.2. The number of hydrogen-bond acceptors (Lipinski definition) is 3. The molecule has 5 nitrogen and oxygen atoms in total. The van der Waals surface area contributed by atoms with Gasteiger partial charge in [-0.05, 0) is 25.1 Å². The van der Waals surface area contributed by atoms with Gasteiger partial charge >= 0.3 is 0 Å². The van der Waals surface area contributed by atoms with Crippen LogP contribution in [0.15, 0.2) is 30.6 Å². The van der Waals surface area contributed by atoms with Crippen molar-refractivity contribution in [3.05, 3.63) is 30.6 Å². The second kappa shape index (κ2) is 4.33. The molecule has 2 atom stereocenters. The Morgan fingerprint density at radius 1 is 1.56 bits per heavy atom. The average Bonchev–Trinajstić information content (AvgIpc) is 2.97. The molecule has 5 heteroatoms. The molecule has 3 heterocycles. The largest absolute Gasteiger partial charge is 0.488 e. The Kier molecular flexibility index (Phi) is 2.66. The lowest BCUT2D eigenvalue weighted by Crippen LogP contribution is -2.25. The van der Waals surface area contributed by atoms with Crippen molar-refractivity contribution in [1.29, 1.82) is 0 Å². The van der Waals surface area contributed by atoms with E-state index in [1.807, 2.05) is 31.3 Å². The molecule has 0 bridgehead atoms. The smallest absolute Gasteiger partial charge is 0.220 e. The molecule has 94 valence electrons. The highest BCUT2D eigenvalue weighted by atomic mass is 16.5. The van der Waals surface area contributed by atoms with Gasteiger partial charge in [0.25, 0.3) is 0 Å². The summed E-state index contributed by atoms with van der Waals surface area (Å²) in [6.45, 7) is 2.70. The van der Waals surface area contributed by atoms with E-state index in [1.165, 1.54) is 0 Å². The Bertz CT molecular complexity index is 578. The first-order valence-corrected chi connectivity index (χ1v) is 6.10. The van der Waals surface area contributed by atoms with Crippen molar-refractivity contribution >= 4 is 11.4 Å². The number of pyridine rings is 1. The SMILES string of the molecule is CC(Oc1cccn2nccc12)C1CNC(=O)C1. The van der Waals surface area contributed by atoms with Crippen LogP contribution in [-0.4, -0.2) is 28.2 Å². The molecular formula is C13H15N3O2. The van der Waals surface area contributed by atoms with E-state index in [2.05, 4.69) is 10.4 Å². The molecule has 0 spiro atoms. The topological polar surface area (TPSA) is 55.6 Å². The van der Waals surface area contributed by atoms with Gasteiger partial charge in [0.05, 0.1) is 6.20 Å². The molecule has 2 aromatic heterocycles. The predicted molar refractivity (Wildman–Crippen MR) is 66.4 cm³/mol. The van der Waals surface area contributed by atoms with E-state index in [0.717, 1.165) is 11.3 Å². The summed E-state index contributed by atoms with van der Waals surface area (Å²) in [5.41, 5.74) is 0.946. The van der Waals surface area contributed by atoms with Gasteiger partial charge in [-0.25, -0.2) is 4.52 Å². The number of ether oxygens (including phenoxy) is 1. The maximum Gasteiger partial charge on any atom is 0.220 e. The van der Waals surface area contributed by atoms with Crippen molar-refractivity contribution in [1.82, 2.24) is 14.9 Å². The molecule has 0 radical (unpaired) electrons. The molecule has 18 heavy (non-hydrogen) atoms. The summed E-state index contributed by atoms with van der Waals surface area (Å²) in [6.07, 6.45) is 4.18. The minimum absolute atomic E-state index is 0.00468. The molecular weight excluding hydrogens is 230 g/mol. The van der Waals surface area contributed by atoms with Gasteiger partial charge in [-0.15, -0.1) is 0 Å². The van der Waals surface area contributed by atoms with Gasteiger partial charge in [0.2, 0.25) is 5.91 Å². The first-order chi connectivity index (χ1) is 8.74. The Morgan fingerprint density at radius 3 is 3.22 bits per heavy atom. The van der Waals surface area contributed by atoms with E-state index in [-0.39, 0.29) is 17.9 Å². The lowest BCUT2D eigenvalue weighted by Gasteiger charge is -2.19. The Morgan fingerprint density at radius 2 is 2.44 bits per heavy atom. The molecule has 2 aromatic rings. The minimum Gasteiger partial charge on any atom is -0.488 e. The van der Waals surface area contributed by atoms with Crippen molar-refractivity contribution in [3.63, 3.8) is 0 Å². The molecule has 1 fully saturated rings. The first kappa shape index (κ1) is 11.1. The third kappa shape index (κ3) is 1.92. The summed E-state index contributed by atoms with van der Waals surface area (Å²) >= 11 is 0. The van der Waals surface area contributed by atoms with Crippen LogP contribution >= 0.6 is 0 Å².